The molecular formula is C14H17N5O3S. The maximum atomic E-state index is 11.7. The van der Waals surface area contributed by atoms with Crippen molar-refractivity contribution in [2.75, 3.05) is 12.3 Å². The molecule has 0 spiro atoms. The molecule has 1 heterocycles. The third-order valence-electron chi connectivity index (χ3n) is 2.95. The standard InChI is InChI=1S/C14H17N5O3S/c1-11-2-4-12(5-3-11)9-23-7-6-15-13(20)8-18-10-16-14(17-18)19(21)22/h2-5,10H,6-9H2,1H3,(H,15,20). The van der Waals surface area contributed by atoms with Crippen molar-refractivity contribution < 1.29 is 9.72 Å². The third kappa shape index (κ3) is 5.70. The highest BCUT2D eigenvalue weighted by Gasteiger charge is 2.14. The Labute approximate surface area is 137 Å². The second-order valence-electron chi connectivity index (χ2n) is 4.89. The van der Waals surface area contributed by atoms with Gasteiger partial charge in [-0.3, -0.25) is 4.79 Å². The first-order valence-electron chi connectivity index (χ1n) is 6.98. The van der Waals surface area contributed by atoms with E-state index in [2.05, 4.69) is 46.6 Å². The Balaban J connectivity index is 1.62. The first kappa shape index (κ1) is 16.9. The lowest BCUT2D eigenvalue weighted by Gasteiger charge is -2.05. The number of hydrogen-bond donors (Lipinski definition) is 1. The molecule has 0 unspecified atom stereocenters. The molecule has 9 heteroatoms. The van der Waals surface area contributed by atoms with Gasteiger partial charge >= 0.3 is 5.95 Å². The highest BCUT2D eigenvalue weighted by atomic mass is 32.2. The average Bonchev–Trinajstić information content (AvgIpc) is 2.97. The van der Waals surface area contributed by atoms with Crippen LogP contribution in [0.5, 0.6) is 0 Å². The molecule has 2 aromatic rings. The lowest BCUT2D eigenvalue weighted by atomic mass is 10.2. The molecule has 1 aromatic heterocycles. The largest absolute Gasteiger partial charge is 0.490 e. The van der Waals surface area contributed by atoms with Crippen molar-refractivity contribution in [2.45, 2.75) is 19.2 Å². The van der Waals surface area contributed by atoms with Gasteiger partial charge in [-0.15, -0.1) is 0 Å². The Kier molecular flexibility index (Phi) is 6.10. The number of nitrogens with zero attached hydrogens (tertiary/aromatic N) is 4. The van der Waals surface area contributed by atoms with E-state index in [4.69, 9.17) is 0 Å². The summed E-state index contributed by atoms with van der Waals surface area (Å²) in [5.41, 5.74) is 2.49. The maximum Gasteiger partial charge on any atom is 0.490 e. The van der Waals surface area contributed by atoms with Crippen molar-refractivity contribution in [1.29, 1.82) is 0 Å². The van der Waals surface area contributed by atoms with Gasteiger partial charge in [-0.1, -0.05) is 34.8 Å². The Hall–Kier alpha value is -2.42. The molecule has 0 aliphatic rings. The summed E-state index contributed by atoms with van der Waals surface area (Å²) in [6.45, 7) is 2.51. The number of aryl methyl sites for hydroxylation is 1. The number of carbonyl (C=O) groups is 1. The summed E-state index contributed by atoms with van der Waals surface area (Å²) in [6, 6.07) is 8.35. The van der Waals surface area contributed by atoms with Gasteiger partial charge < -0.3 is 15.4 Å². The highest BCUT2D eigenvalue weighted by molar-refractivity contribution is 7.98. The molecule has 0 saturated carbocycles. The van der Waals surface area contributed by atoms with Crippen LogP contribution < -0.4 is 5.32 Å². The number of nitrogens with one attached hydrogen (secondary N) is 1. The lowest BCUT2D eigenvalue weighted by molar-refractivity contribution is -0.394. The van der Waals surface area contributed by atoms with E-state index in [-0.39, 0.29) is 12.5 Å². The topological polar surface area (TPSA) is 103 Å². The summed E-state index contributed by atoms with van der Waals surface area (Å²) in [6.07, 6.45) is 1.17. The average molecular weight is 335 g/mol. The van der Waals surface area contributed by atoms with E-state index in [0.717, 1.165) is 16.2 Å². The molecule has 0 bridgehead atoms. The first-order chi connectivity index (χ1) is 11.0. The number of benzene rings is 1. The van der Waals surface area contributed by atoms with Gasteiger partial charge in [-0.2, -0.15) is 16.4 Å². The van der Waals surface area contributed by atoms with Crippen LogP contribution in [-0.2, 0) is 17.1 Å². The van der Waals surface area contributed by atoms with Crippen molar-refractivity contribution in [3.8, 4) is 0 Å². The molecule has 8 nitrogen and oxygen atoms in total. The highest BCUT2D eigenvalue weighted by Crippen LogP contribution is 2.12. The summed E-state index contributed by atoms with van der Waals surface area (Å²) in [5.74, 6) is 0.926. The van der Waals surface area contributed by atoms with Crippen LogP contribution in [0.3, 0.4) is 0 Å². The second-order valence-corrected chi connectivity index (χ2v) is 5.99. The van der Waals surface area contributed by atoms with Crippen molar-refractivity contribution in [1.82, 2.24) is 20.1 Å². The zero-order chi connectivity index (χ0) is 16.7. The van der Waals surface area contributed by atoms with Gasteiger partial charge in [0.1, 0.15) is 6.54 Å². The summed E-state index contributed by atoms with van der Waals surface area (Å²) in [7, 11) is 0. The fourth-order valence-corrected chi connectivity index (χ4v) is 2.60. The molecular weight excluding hydrogens is 318 g/mol. The molecule has 23 heavy (non-hydrogen) atoms. The number of aromatic nitrogens is 3. The molecule has 122 valence electrons. The molecule has 0 aliphatic heterocycles. The maximum absolute atomic E-state index is 11.7. The smallest absolute Gasteiger partial charge is 0.390 e. The van der Waals surface area contributed by atoms with Crippen LogP contribution in [0.2, 0.25) is 0 Å². The van der Waals surface area contributed by atoms with Gasteiger partial charge in [0.25, 0.3) is 0 Å². The van der Waals surface area contributed by atoms with Gasteiger partial charge in [-0.05, 0) is 17.4 Å². The molecule has 0 aliphatic carbocycles. The van der Waals surface area contributed by atoms with Gasteiger partial charge in [0, 0.05) is 23.1 Å². The van der Waals surface area contributed by atoms with E-state index in [1.165, 1.54) is 17.5 Å². The van der Waals surface area contributed by atoms with Crippen LogP contribution in [0.25, 0.3) is 0 Å². The Morgan fingerprint density at radius 1 is 1.39 bits per heavy atom. The van der Waals surface area contributed by atoms with Gasteiger partial charge in [0.05, 0.1) is 0 Å². The second kappa shape index (κ2) is 8.28. The first-order valence-corrected chi connectivity index (χ1v) is 8.14. The third-order valence-corrected chi connectivity index (χ3v) is 3.98. The van der Waals surface area contributed by atoms with E-state index in [9.17, 15) is 14.9 Å². The van der Waals surface area contributed by atoms with Gasteiger partial charge in [0.15, 0.2) is 0 Å². The van der Waals surface area contributed by atoms with Crippen LogP contribution in [0.4, 0.5) is 5.95 Å². The van der Waals surface area contributed by atoms with E-state index >= 15 is 0 Å². The summed E-state index contributed by atoms with van der Waals surface area (Å²) in [5, 5.41) is 16.8. The number of nitro groups is 1. The molecule has 0 fully saturated rings. The van der Waals surface area contributed by atoms with Gasteiger partial charge in [0.2, 0.25) is 12.2 Å². The summed E-state index contributed by atoms with van der Waals surface area (Å²) < 4.78 is 1.15. The number of amides is 1. The van der Waals surface area contributed by atoms with Crippen LogP contribution in [-0.4, -0.2) is 37.9 Å². The van der Waals surface area contributed by atoms with E-state index < -0.39 is 10.9 Å². The predicted molar refractivity (Wildman–Crippen MR) is 87.0 cm³/mol. The molecule has 1 N–H and O–H groups in total. The zero-order valence-electron chi connectivity index (χ0n) is 12.6. The zero-order valence-corrected chi connectivity index (χ0v) is 13.5. The lowest BCUT2D eigenvalue weighted by Crippen LogP contribution is -2.29. The van der Waals surface area contributed by atoms with Crippen molar-refractivity contribution in [3.63, 3.8) is 0 Å². The Morgan fingerprint density at radius 2 is 2.13 bits per heavy atom. The van der Waals surface area contributed by atoms with E-state index in [1.54, 1.807) is 11.8 Å². The van der Waals surface area contributed by atoms with E-state index in [1.807, 2.05) is 0 Å². The molecule has 0 radical (unpaired) electrons. The SMILES string of the molecule is Cc1ccc(CSCCNC(=O)Cn2cnc([N+](=O)[O-])n2)cc1. The van der Waals surface area contributed by atoms with Crippen LogP contribution >= 0.6 is 11.8 Å². The quantitative estimate of drug-likeness (QED) is 0.446. The van der Waals surface area contributed by atoms with Crippen LogP contribution in [0.1, 0.15) is 11.1 Å². The number of hydrogen-bond acceptors (Lipinski definition) is 6. The van der Waals surface area contributed by atoms with Crippen molar-refractivity contribution in [3.05, 3.63) is 51.8 Å². The Morgan fingerprint density at radius 3 is 2.78 bits per heavy atom. The fourth-order valence-electron chi connectivity index (χ4n) is 1.78. The minimum Gasteiger partial charge on any atom is -0.390 e. The van der Waals surface area contributed by atoms with E-state index in [0.29, 0.717) is 6.54 Å². The van der Waals surface area contributed by atoms with Gasteiger partial charge in [-0.25, -0.2) is 0 Å². The fraction of sp³-hybridized carbons (Fsp3) is 0.357. The monoisotopic (exact) mass is 335 g/mol. The number of thioether (sulfide) groups is 1. The normalized spacial score (nSPS) is 10.5. The summed E-state index contributed by atoms with van der Waals surface area (Å²) >= 11 is 1.73. The molecule has 1 aromatic carbocycles. The predicted octanol–water partition coefficient (Wildman–Crippen LogP) is 1.54. The molecule has 0 atom stereocenters. The van der Waals surface area contributed by atoms with Crippen LogP contribution in [0.15, 0.2) is 30.6 Å². The minimum atomic E-state index is -0.698. The van der Waals surface area contributed by atoms with Crippen molar-refractivity contribution >= 4 is 23.6 Å². The van der Waals surface area contributed by atoms with Crippen molar-refractivity contribution in [2.24, 2.45) is 0 Å². The molecule has 2 rings (SSSR count). The Bertz CT molecular complexity index is 671. The molecule has 0 saturated heterocycles. The number of rotatable bonds is 8. The minimum absolute atomic E-state index is 0.0799. The van der Waals surface area contributed by atoms with Crippen LogP contribution in [0, 0.1) is 17.0 Å². The molecule has 1 amide bonds. The summed E-state index contributed by atoms with van der Waals surface area (Å²) in [4.78, 5) is 24.9. The number of carbonyl (C=O) groups excluding carboxylic acids is 1.